The highest BCUT2D eigenvalue weighted by atomic mass is 16.5. The fourth-order valence-corrected chi connectivity index (χ4v) is 4.44. The third kappa shape index (κ3) is 4.78. The van der Waals surface area contributed by atoms with E-state index in [0.29, 0.717) is 30.4 Å². The number of ketones is 1. The van der Waals surface area contributed by atoms with Gasteiger partial charge in [0, 0.05) is 18.5 Å². The lowest BCUT2D eigenvalue weighted by molar-refractivity contribution is -0.139. The molecule has 1 aromatic rings. The minimum atomic E-state index is -0.282. The molecule has 0 unspecified atom stereocenters. The molecule has 0 amide bonds. The second-order valence-corrected chi connectivity index (χ2v) is 8.22. The number of carbonyl (C=O) groups excluding carboxylic acids is 2. The van der Waals surface area contributed by atoms with E-state index in [0.717, 1.165) is 50.6 Å². The summed E-state index contributed by atoms with van der Waals surface area (Å²) in [5, 5.41) is 4.07. The Kier molecular flexibility index (Phi) is 6.81. The Morgan fingerprint density at radius 1 is 1.29 bits per heavy atom. The lowest BCUT2D eigenvalue weighted by Gasteiger charge is -2.19. The van der Waals surface area contributed by atoms with Crippen molar-refractivity contribution in [2.75, 3.05) is 6.61 Å². The number of ether oxygens (including phenoxy) is 1. The number of fused-ring (bicyclic) bond motifs is 1. The van der Waals surface area contributed by atoms with Crippen molar-refractivity contribution in [3.05, 3.63) is 36.0 Å². The number of aryl methyl sites for hydroxylation is 1. The Labute approximate surface area is 167 Å². The van der Waals surface area contributed by atoms with Crippen molar-refractivity contribution in [2.45, 2.75) is 65.3 Å². The summed E-state index contributed by atoms with van der Waals surface area (Å²) in [6.07, 6.45) is 9.39. The lowest BCUT2D eigenvalue weighted by atomic mass is 9.86. The Morgan fingerprint density at radius 3 is 2.86 bits per heavy atom. The Balaban J connectivity index is 1.44. The lowest BCUT2D eigenvalue weighted by Crippen LogP contribution is -2.16. The zero-order valence-electron chi connectivity index (χ0n) is 17.0. The molecule has 1 fully saturated rings. The van der Waals surface area contributed by atoms with Gasteiger partial charge in [0.05, 0.1) is 6.61 Å². The zero-order valence-corrected chi connectivity index (χ0v) is 17.0. The number of allylic oxidation sites excluding steroid dienone is 2. The number of carbonyl (C=O) groups is 2. The molecule has 0 radical (unpaired) electrons. The molecule has 1 aromatic heterocycles. The fourth-order valence-electron chi connectivity index (χ4n) is 4.44. The first-order chi connectivity index (χ1) is 13.5. The third-order valence-electron chi connectivity index (χ3n) is 6.36. The first-order valence-corrected chi connectivity index (χ1v) is 10.4. The molecular formula is C22H31N3O3. The van der Waals surface area contributed by atoms with Crippen LogP contribution in [0.1, 0.15) is 58.8 Å². The van der Waals surface area contributed by atoms with Gasteiger partial charge in [0.2, 0.25) is 0 Å². The maximum atomic E-state index is 12.5. The SMILES string of the molecule is C=C(C(=O)OCCCCCn1cncn1)[C@@H]1CC[C@H](C)[C@@H]2CC(=O)C(C)=C2C1. The van der Waals surface area contributed by atoms with Crippen molar-refractivity contribution in [3.8, 4) is 0 Å². The van der Waals surface area contributed by atoms with E-state index < -0.39 is 0 Å². The Bertz CT molecular complexity index is 751. The number of unbranched alkanes of at least 4 members (excludes halogenated alkanes) is 2. The van der Waals surface area contributed by atoms with Crippen LogP contribution in [0.15, 0.2) is 36.0 Å². The van der Waals surface area contributed by atoms with Crippen molar-refractivity contribution in [1.82, 2.24) is 14.8 Å². The van der Waals surface area contributed by atoms with Crippen LogP contribution in [-0.4, -0.2) is 33.1 Å². The number of nitrogens with zero attached hydrogens (tertiary/aromatic N) is 3. The number of esters is 1. The van der Waals surface area contributed by atoms with Crippen molar-refractivity contribution in [2.24, 2.45) is 17.8 Å². The molecule has 0 aromatic carbocycles. The van der Waals surface area contributed by atoms with E-state index in [2.05, 4.69) is 23.6 Å². The second-order valence-electron chi connectivity index (χ2n) is 8.22. The molecule has 28 heavy (non-hydrogen) atoms. The zero-order chi connectivity index (χ0) is 20.1. The summed E-state index contributed by atoms with van der Waals surface area (Å²) in [6, 6.07) is 0. The standard InChI is InChI=1S/C22H31N3O3/c1-15-7-8-18(11-20-17(3)21(26)12-19(15)20)16(2)22(27)28-10-6-4-5-9-25-14-23-13-24-25/h13-15,18-19H,2,4-12H2,1,3H3/t15-,18+,19-/m0/s1. The van der Waals surface area contributed by atoms with Gasteiger partial charge in [-0.15, -0.1) is 0 Å². The van der Waals surface area contributed by atoms with Gasteiger partial charge in [-0.1, -0.05) is 19.1 Å². The molecule has 1 saturated carbocycles. The number of Topliss-reactive ketones (excluding diaryl/α,β-unsaturated/α-hetero) is 1. The molecule has 1 heterocycles. The molecule has 0 aliphatic heterocycles. The van der Waals surface area contributed by atoms with Crippen molar-refractivity contribution >= 4 is 11.8 Å². The third-order valence-corrected chi connectivity index (χ3v) is 6.36. The van der Waals surface area contributed by atoms with Crippen LogP contribution in [0, 0.1) is 17.8 Å². The molecule has 0 saturated heterocycles. The van der Waals surface area contributed by atoms with Crippen molar-refractivity contribution < 1.29 is 14.3 Å². The van der Waals surface area contributed by atoms with E-state index in [4.69, 9.17) is 4.74 Å². The highest BCUT2D eigenvalue weighted by Crippen LogP contribution is 2.45. The van der Waals surface area contributed by atoms with Crippen LogP contribution < -0.4 is 0 Å². The monoisotopic (exact) mass is 385 g/mol. The van der Waals surface area contributed by atoms with Crippen LogP contribution in [0.5, 0.6) is 0 Å². The predicted molar refractivity (Wildman–Crippen MR) is 106 cm³/mol. The minimum Gasteiger partial charge on any atom is -0.462 e. The van der Waals surface area contributed by atoms with Gasteiger partial charge >= 0.3 is 5.97 Å². The molecule has 0 N–H and O–H groups in total. The van der Waals surface area contributed by atoms with E-state index in [1.54, 1.807) is 11.0 Å². The maximum absolute atomic E-state index is 12.5. The second kappa shape index (κ2) is 9.30. The first kappa shape index (κ1) is 20.5. The summed E-state index contributed by atoms with van der Waals surface area (Å²) < 4.78 is 7.27. The Morgan fingerprint density at radius 2 is 2.11 bits per heavy atom. The van der Waals surface area contributed by atoms with E-state index in [1.807, 2.05) is 6.92 Å². The summed E-state index contributed by atoms with van der Waals surface area (Å²) in [7, 11) is 0. The van der Waals surface area contributed by atoms with Gasteiger partial charge in [0.1, 0.15) is 12.7 Å². The summed E-state index contributed by atoms with van der Waals surface area (Å²) in [5.41, 5.74) is 2.73. The van der Waals surface area contributed by atoms with Crippen LogP contribution in [0.25, 0.3) is 0 Å². The average Bonchev–Trinajstić information content (AvgIpc) is 3.25. The quantitative estimate of drug-likeness (QED) is 0.386. The van der Waals surface area contributed by atoms with Crippen LogP contribution in [0.2, 0.25) is 0 Å². The molecule has 3 atom stereocenters. The minimum absolute atomic E-state index is 0.0862. The fraction of sp³-hybridized carbons (Fsp3) is 0.636. The smallest absolute Gasteiger partial charge is 0.333 e. The van der Waals surface area contributed by atoms with E-state index in [-0.39, 0.29) is 17.7 Å². The predicted octanol–water partition coefficient (Wildman–Crippen LogP) is 3.89. The molecule has 6 heteroatoms. The summed E-state index contributed by atoms with van der Waals surface area (Å²) >= 11 is 0. The number of hydrogen-bond donors (Lipinski definition) is 0. The number of aromatic nitrogens is 3. The maximum Gasteiger partial charge on any atom is 0.333 e. The van der Waals surface area contributed by atoms with Gasteiger partial charge in [0.15, 0.2) is 5.78 Å². The molecule has 0 spiro atoms. The van der Waals surface area contributed by atoms with Crippen molar-refractivity contribution in [3.63, 3.8) is 0 Å². The highest BCUT2D eigenvalue weighted by molar-refractivity contribution is 5.98. The molecule has 2 aliphatic carbocycles. The van der Waals surface area contributed by atoms with Gasteiger partial charge in [-0.2, -0.15) is 5.10 Å². The van der Waals surface area contributed by atoms with E-state index in [1.165, 1.54) is 11.9 Å². The molecule has 152 valence electrons. The van der Waals surface area contributed by atoms with Gasteiger partial charge in [-0.25, -0.2) is 9.78 Å². The van der Waals surface area contributed by atoms with Crippen LogP contribution in [0.3, 0.4) is 0 Å². The molecular weight excluding hydrogens is 354 g/mol. The summed E-state index contributed by atoms with van der Waals surface area (Å²) in [6.45, 7) is 9.46. The molecule has 6 nitrogen and oxygen atoms in total. The van der Waals surface area contributed by atoms with Gasteiger partial charge in [-0.05, 0) is 68.8 Å². The summed E-state index contributed by atoms with van der Waals surface area (Å²) in [4.78, 5) is 28.5. The van der Waals surface area contributed by atoms with Crippen LogP contribution in [-0.2, 0) is 20.9 Å². The largest absolute Gasteiger partial charge is 0.462 e. The van der Waals surface area contributed by atoms with E-state index >= 15 is 0 Å². The van der Waals surface area contributed by atoms with Crippen molar-refractivity contribution in [1.29, 1.82) is 0 Å². The first-order valence-electron chi connectivity index (χ1n) is 10.4. The normalized spacial score (nSPS) is 24.8. The Hall–Kier alpha value is -2.24. The van der Waals surface area contributed by atoms with Gasteiger partial charge in [-0.3, -0.25) is 9.48 Å². The molecule has 0 bridgehead atoms. The molecule has 3 rings (SSSR count). The highest BCUT2D eigenvalue weighted by Gasteiger charge is 2.38. The summed E-state index contributed by atoms with van der Waals surface area (Å²) in [5.74, 6) is 0.908. The number of rotatable bonds is 8. The van der Waals surface area contributed by atoms with Gasteiger partial charge in [0.25, 0.3) is 0 Å². The van der Waals surface area contributed by atoms with Crippen LogP contribution in [0.4, 0.5) is 0 Å². The van der Waals surface area contributed by atoms with E-state index in [9.17, 15) is 9.59 Å². The number of hydrogen-bond acceptors (Lipinski definition) is 5. The molecule has 2 aliphatic rings. The van der Waals surface area contributed by atoms with Crippen LogP contribution >= 0.6 is 0 Å². The average molecular weight is 386 g/mol. The van der Waals surface area contributed by atoms with Gasteiger partial charge < -0.3 is 4.74 Å². The topological polar surface area (TPSA) is 74.1 Å².